The first-order valence-electron chi connectivity index (χ1n) is 11.7. The highest BCUT2D eigenvalue weighted by molar-refractivity contribution is 5.92. The highest BCUT2D eigenvalue weighted by Crippen LogP contribution is 2.38. The Labute approximate surface area is 212 Å². The van der Waals surface area contributed by atoms with E-state index < -0.39 is 5.54 Å². The number of carboxylic acid groups (broad SMARTS) is 2. The number of imidazole rings is 1. The van der Waals surface area contributed by atoms with Crippen molar-refractivity contribution in [2.45, 2.75) is 50.7 Å². The smallest absolute Gasteiger partial charge is 0.290 e. The lowest BCUT2D eigenvalue weighted by atomic mass is 9.84. The summed E-state index contributed by atoms with van der Waals surface area (Å²) in [6.45, 7) is 3.17. The van der Waals surface area contributed by atoms with Gasteiger partial charge in [-0.15, -0.1) is 0 Å². The Hall–Kier alpha value is -4.26. The summed E-state index contributed by atoms with van der Waals surface area (Å²) < 4.78 is 7.02. The maximum absolute atomic E-state index is 13.4. The molecule has 5 heterocycles. The highest BCUT2D eigenvalue weighted by Gasteiger charge is 2.52. The average molecular weight is 515 g/mol. The quantitative estimate of drug-likeness (QED) is 0.360. The number of nitrogens with one attached hydrogen (secondary N) is 2. The van der Waals surface area contributed by atoms with Crippen LogP contribution in [0, 0.1) is 6.92 Å². The summed E-state index contributed by atoms with van der Waals surface area (Å²) in [7, 11) is 0. The van der Waals surface area contributed by atoms with E-state index in [1.807, 2.05) is 35.0 Å². The Morgan fingerprint density at radius 2 is 2.00 bits per heavy atom. The third-order valence-electron chi connectivity index (χ3n) is 6.35. The van der Waals surface area contributed by atoms with Crippen molar-refractivity contribution in [1.82, 2.24) is 30.1 Å². The Kier molecular flexibility index (Phi) is 9.33. The lowest BCUT2D eigenvalue weighted by Gasteiger charge is -2.40. The fourth-order valence-electron chi connectivity index (χ4n) is 4.91. The van der Waals surface area contributed by atoms with E-state index in [1.54, 1.807) is 13.0 Å². The second-order valence-corrected chi connectivity index (χ2v) is 8.73. The van der Waals surface area contributed by atoms with Gasteiger partial charge in [-0.3, -0.25) is 24.1 Å². The van der Waals surface area contributed by atoms with Crippen molar-refractivity contribution in [3.63, 3.8) is 0 Å². The number of hydrogen-bond acceptors (Lipinski definition) is 8. The molecule has 0 saturated carbocycles. The van der Waals surface area contributed by atoms with E-state index in [2.05, 4.69) is 25.7 Å². The van der Waals surface area contributed by atoms with E-state index in [4.69, 9.17) is 24.3 Å². The van der Waals surface area contributed by atoms with Crippen LogP contribution in [-0.4, -0.2) is 79.1 Å². The van der Waals surface area contributed by atoms with E-state index in [0.29, 0.717) is 25.2 Å². The van der Waals surface area contributed by atoms with E-state index >= 15 is 0 Å². The molecule has 0 spiro atoms. The summed E-state index contributed by atoms with van der Waals surface area (Å²) in [5.41, 5.74) is 1.75. The van der Waals surface area contributed by atoms with Crippen LogP contribution >= 0.6 is 0 Å². The van der Waals surface area contributed by atoms with Crippen molar-refractivity contribution in [1.29, 1.82) is 0 Å². The molecule has 2 amide bonds. The first-order valence-corrected chi connectivity index (χ1v) is 11.7. The van der Waals surface area contributed by atoms with E-state index in [9.17, 15) is 9.59 Å². The van der Waals surface area contributed by atoms with Crippen LogP contribution in [0.1, 0.15) is 47.6 Å². The van der Waals surface area contributed by atoms with Gasteiger partial charge in [0, 0.05) is 31.0 Å². The molecule has 3 aromatic heterocycles. The van der Waals surface area contributed by atoms with Gasteiger partial charge in [0.2, 0.25) is 11.7 Å². The molecule has 2 aliphatic rings. The van der Waals surface area contributed by atoms with Crippen LogP contribution in [0.4, 0.5) is 0 Å². The molecule has 2 aliphatic heterocycles. The first-order chi connectivity index (χ1) is 17.9. The zero-order valence-electron chi connectivity index (χ0n) is 20.4. The fourth-order valence-corrected chi connectivity index (χ4v) is 4.91. The summed E-state index contributed by atoms with van der Waals surface area (Å²) in [6.07, 6.45) is 7.31. The van der Waals surface area contributed by atoms with Gasteiger partial charge in [0.05, 0.1) is 17.9 Å². The minimum Gasteiger partial charge on any atom is -0.483 e. The van der Waals surface area contributed by atoms with Crippen LogP contribution in [0.3, 0.4) is 0 Å². The van der Waals surface area contributed by atoms with Gasteiger partial charge < -0.3 is 29.8 Å². The molecule has 13 heteroatoms. The number of piperidine rings is 1. The van der Waals surface area contributed by atoms with Gasteiger partial charge in [-0.2, -0.15) is 0 Å². The zero-order chi connectivity index (χ0) is 26.8. The molecule has 4 N–H and O–H groups in total. The van der Waals surface area contributed by atoms with Crippen LogP contribution < -0.4 is 10.6 Å². The van der Waals surface area contributed by atoms with Crippen LogP contribution in [-0.2, 0) is 20.9 Å². The van der Waals surface area contributed by atoms with E-state index in [-0.39, 0.29) is 36.6 Å². The third-order valence-corrected chi connectivity index (χ3v) is 6.35. The average Bonchev–Trinajstić information content (AvgIpc) is 3.59. The maximum Gasteiger partial charge on any atom is 0.290 e. The predicted molar refractivity (Wildman–Crippen MR) is 130 cm³/mol. The molecule has 5 rings (SSSR count). The molecule has 0 aromatic carbocycles. The van der Waals surface area contributed by atoms with Gasteiger partial charge in [-0.05, 0) is 51.3 Å². The fraction of sp³-hybridized carbons (Fsp3) is 0.417. The molecule has 2 atom stereocenters. The van der Waals surface area contributed by atoms with Crippen LogP contribution in [0.15, 0.2) is 41.2 Å². The van der Waals surface area contributed by atoms with Crippen molar-refractivity contribution in [2.24, 2.45) is 0 Å². The number of carbonyl (C=O) groups is 4. The predicted octanol–water partition coefficient (Wildman–Crippen LogP) is 1.08. The Morgan fingerprint density at radius 3 is 2.68 bits per heavy atom. The summed E-state index contributed by atoms with van der Waals surface area (Å²) >= 11 is 0. The van der Waals surface area contributed by atoms with Gasteiger partial charge in [-0.25, -0.2) is 4.98 Å². The SMILES string of the molecule is Cc1cc(C(=O)N[C@@H]2CN3CCCC[C@@]3(C(=O)NCc3cn4ccccc4n3)C2)on1.O=CO.O=CO. The third kappa shape index (κ3) is 6.50. The normalized spacial score (nSPS) is 20.4. The highest BCUT2D eigenvalue weighted by atomic mass is 16.5. The molecular weight excluding hydrogens is 484 g/mol. The molecule has 13 nitrogen and oxygen atoms in total. The molecule has 0 radical (unpaired) electrons. The lowest BCUT2D eigenvalue weighted by molar-refractivity contribution is -0.134. The molecule has 2 saturated heterocycles. The van der Waals surface area contributed by atoms with Crippen molar-refractivity contribution in [2.75, 3.05) is 13.1 Å². The van der Waals surface area contributed by atoms with Crippen LogP contribution in [0.5, 0.6) is 0 Å². The molecule has 0 aliphatic carbocycles. The van der Waals surface area contributed by atoms with Crippen molar-refractivity contribution in [3.8, 4) is 0 Å². The first kappa shape index (κ1) is 27.3. The number of aryl methyl sites for hydroxylation is 1. The molecule has 2 fully saturated rings. The number of nitrogens with zero attached hydrogens (tertiary/aromatic N) is 4. The number of rotatable bonds is 5. The Bertz CT molecular complexity index is 1190. The summed E-state index contributed by atoms with van der Waals surface area (Å²) in [6, 6.07) is 7.33. The van der Waals surface area contributed by atoms with E-state index in [1.165, 1.54) is 0 Å². The number of amides is 2. The molecule has 3 aromatic rings. The summed E-state index contributed by atoms with van der Waals surface area (Å²) in [5.74, 6) is -0.0741. The second-order valence-electron chi connectivity index (χ2n) is 8.73. The van der Waals surface area contributed by atoms with Crippen LogP contribution in [0.25, 0.3) is 5.65 Å². The standard InChI is InChI=1S/C22H26N6O3.2CH2O2/c1-15-10-18(31-26-15)20(29)25-16-11-22(7-3-5-9-28(22)14-16)21(30)23-12-17-13-27-8-4-2-6-19(27)24-17;2*2-1-3/h2,4,6,8,10,13,16H,3,5,7,9,11-12,14H2,1H3,(H,23,30)(H,25,29);2*1H,(H,2,3)/t16-,22-;;/m0../s1. The van der Waals surface area contributed by atoms with Crippen molar-refractivity contribution in [3.05, 3.63) is 53.8 Å². The maximum atomic E-state index is 13.4. The molecular formula is C24H30N6O7. The summed E-state index contributed by atoms with van der Waals surface area (Å²) in [4.78, 5) is 49.4. The van der Waals surface area contributed by atoms with E-state index in [0.717, 1.165) is 37.1 Å². The van der Waals surface area contributed by atoms with Crippen molar-refractivity contribution >= 4 is 30.4 Å². The minimum absolute atomic E-state index is 0.0107. The minimum atomic E-state index is -0.591. The van der Waals surface area contributed by atoms with Gasteiger partial charge in [0.15, 0.2) is 0 Å². The molecule has 37 heavy (non-hydrogen) atoms. The number of carbonyl (C=O) groups excluding carboxylic acids is 2. The van der Waals surface area contributed by atoms with Gasteiger partial charge in [0.1, 0.15) is 11.2 Å². The Balaban J connectivity index is 0.000000580. The number of aromatic nitrogens is 3. The molecule has 0 unspecified atom stereocenters. The zero-order valence-corrected chi connectivity index (χ0v) is 20.4. The van der Waals surface area contributed by atoms with Crippen LogP contribution in [0.2, 0.25) is 0 Å². The molecule has 0 bridgehead atoms. The lowest BCUT2D eigenvalue weighted by Crippen LogP contribution is -2.57. The molecule has 198 valence electrons. The Morgan fingerprint density at radius 1 is 1.24 bits per heavy atom. The summed E-state index contributed by atoms with van der Waals surface area (Å²) in [5, 5.41) is 23.7. The van der Waals surface area contributed by atoms with Gasteiger partial charge in [-0.1, -0.05) is 11.2 Å². The van der Waals surface area contributed by atoms with Gasteiger partial charge >= 0.3 is 0 Å². The largest absolute Gasteiger partial charge is 0.483 e. The van der Waals surface area contributed by atoms with Gasteiger partial charge in [0.25, 0.3) is 18.9 Å². The number of fused-ring (bicyclic) bond motifs is 2. The topological polar surface area (TPSA) is 179 Å². The number of hydrogen-bond donors (Lipinski definition) is 4. The second kappa shape index (κ2) is 12.6. The van der Waals surface area contributed by atoms with Crippen molar-refractivity contribution < 1.29 is 33.9 Å². The monoisotopic (exact) mass is 514 g/mol. The number of pyridine rings is 1.